The van der Waals surface area contributed by atoms with Crippen molar-refractivity contribution in [3.8, 4) is 0 Å². The van der Waals surface area contributed by atoms with Crippen LogP contribution in [-0.2, 0) is 0 Å². The van der Waals surface area contributed by atoms with Crippen molar-refractivity contribution in [3.63, 3.8) is 0 Å². The van der Waals surface area contributed by atoms with Gasteiger partial charge in [0.05, 0.1) is 17.9 Å². The summed E-state index contributed by atoms with van der Waals surface area (Å²) in [4.78, 5) is 2.38. The molecule has 2 heterocycles. The lowest BCUT2D eigenvalue weighted by Crippen LogP contribution is -2.39. The van der Waals surface area contributed by atoms with Crippen LogP contribution in [0.15, 0.2) is 12.4 Å². The lowest BCUT2D eigenvalue weighted by atomic mass is 9.91. The zero-order valence-corrected chi connectivity index (χ0v) is 11.9. The third kappa shape index (κ3) is 2.80. The molecule has 0 spiro atoms. The molecular formula is C14H22F2N4. The number of halogens is 2. The van der Waals surface area contributed by atoms with E-state index >= 15 is 0 Å². The van der Waals surface area contributed by atoms with Crippen molar-refractivity contribution < 1.29 is 8.78 Å². The maximum absolute atomic E-state index is 13.2. The highest BCUT2D eigenvalue weighted by Crippen LogP contribution is 2.37. The van der Waals surface area contributed by atoms with Crippen LogP contribution in [0.1, 0.15) is 38.1 Å². The average Bonchev–Trinajstić information content (AvgIpc) is 3.07. The molecule has 1 saturated carbocycles. The van der Waals surface area contributed by atoms with Crippen molar-refractivity contribution in [2.75, 3.05) is 25.5 Å². The largest absolute Gasteiger partial charge is 0.386 e. The monoisotopic (exact) mass is 284 g/mol. The van der Waals surface area contributed by atoms with Gasteiger partial charge in [-0.2, -0.15) is 5.10 Å². The van der Waals surface area contributed by atoms with Gasteiger partial charge in [-0.05, 0) is 19.3 Å². The summed E-state index contributed by atoms with van der Waals surface area (Å²) >= 11 is 0. The quantitative estimate of drug-likeness (QED) is 0.926. The summed E-state index contributed by atoms with van der Waals surface area (Å²) in [5.41, 5.74) is 1.01. The number of hydrogen-bond donors (Lipinski definition) is 1. The van der Waals surface area contributed by atoms with E-state index in [1.807, 2.05) is 24.1 Å². The van der Waals surface area contributed by atoms with Crippen LogP contribution >= 0.6 is 0 Å². The molecule has 20 heavy (non-hydrogen) atoms. The first-order valence-corrected chi connectivity index (χ1v) is 7.41. The van der Waals surface area contributed by atoms with Gasteiger partial charge in [-0.15, -0.1) is 0 Å². The van der Waals surface area contributed by atoms with E-state index in [1.165, 1.54) is 0 Å². The van der Waals surface area contributed by atoms with Crippen LogP contribution in [0.3, 0.4) is 0 Å². The molecule has 2 fully saturated rings. The molecule has 0 bridgehead atoms. The SMILES string of the molecule is CNc1cnn(C2CCN(C3CCC(F)(F)CC3)C2)c1. The fraction of sp³-hybridized carbons (Fsp3) is 0.786. The summed E-state index contributed by atoms with van der Waals surface area (Å²) in [6.45, 7) is 1.93. The molecule has 4 nitrogen and oxygen atoms in total. The Kier molecular flexibility index (Phi) is 3.67. The van der Waals surface area contributed by atoms with Gasteiger partial charge in [-0.3, -0.25) is 9.58 Å². The van der Waals surface area contributed by atoms with Crippen LogP contribution in [0.5, 0.6) is 0 Å². The van der Waals surface area contributed by atoms with Gasteiger partial charge >= 0.3 is 0 Å². The van der Waals surface area contributed by atoms with Crippen molar-refractivity contribution in [3.05, 3.63) is 12.4 Å². The Balaban J connectivity index is 1.57. The molecule has 112 valence electrons. The van der Waals surface area contributed by atoms with Crippen molar-refractivity contribution in [1.82, 2.24) is 14.7 Å². The molecule has 2 aliphatic rings. The Bertz CT molecular complexity index is 450. The van der Waals surface area contributed by atoms with E-state index in [1.54, 1.807) is 0 Å². The number of anilines is 1. The molecule has 1 saturated heterocycles. The second kappa shape index (κ2) is 5.31. The Morgan fingerprint density at radius 1 is 1.25 bits per heavy atom. The first kappa shape index (κ1) is 13.8. The van der Waals surface area contributed by atoms with Crippen molar-refractivity contribution in [2.45, 2.75) is 50.1 Å². The summed E-state index contributed by atoms with van der Waals surface area (Å²) < 4.78 is 28.4. The predicted molar refractivity (Wildman–Crippen MR) is 74.2 cm³/mol. The third-order valence-corrected chi connectivity index (χ3v) is 4.66. The third-order valence-electron chi connectivity index (χ3n) is 4.66. The number of alkyl halides is 2. The van der Waals surface area contributed by atoms with Crippen molar-refractivity contribution >= 4 is 5.69 Å². The summed E-state index contributed by atoms with van der Waals surface area (Å²) in [6, 6.07) is 0.707. The van der Waals surface area contributed by atoms with Crippen LogP contribution in [-0.4, -0.2) is 46.8 Å². The van der Waals surface area contributed by atoms with Gasteiger partial charge in [-0.1, -0.05) is 0 Å². The van der Waals surface area contributed by atoms with Gasteiger partial charge in [0.1, 0.15) is 0 Å². The van der Waals surface area contributed by atoms with Crippen LogP contribution < -0.4 is 5.32 Å². The van der Waals surface area contributed by atoms with Crippen LogP contribution in [0.4, 0.5) is 14.5 Å². The van der Waals surface area contributed by atoms with E-state index in [-0.39, 0.29) is 12.8 Å². The number of likely N-dealkylation sites (tertiary alicyclic amines) is 1. The van der Waals surface area contributed by atoms with Gasteiger partial charge in [0.15, 0.2) is 0 Å². The Hall–Kier alpha value is -1.17. The maximum atomic E-state index is 13.2. The molecule has 0 aromatic carbocycles. The number of aromatic nitrogens is 2. The molecule has 0 radical (unpaired) electrons. The van der Waals surface area contributed by atoms with Gasteiger partial charge < -0.3 is 5.32 Å². The first-order chi connectivity index (χ1) is 9.57. The highest BCUT2D eigenvalue weighted by atomic mass is 19.3. The van der Waals surface area contributed by atoms with Crippen molar-refractivity contribution in [2.24, 2.45) is 0 Å². The molecule has 1 aliphatic carbocycles. The number of rotatable bonds is 3. The lowest BCUT2D eigenvalue weighted by molar-refractivity contribution is -0.0518. The number of nitrogens with zero attached hydrogens (tertiary/aromatic N) is 3. The van der Waals surface area contributed by atoms with E-state index in [2.05, 4.69) is 15.3 Å². The van der Waals surface area contributed by atoms with Gasteiger partial charge in [0.25, 0.3) is 0 Å². The van der Waals surface area contributed by atoms with Gasteiger partial charge in [0.2, 0.25) is 5.92 Å². The van der Waals surface area contributed by atoms with Crippen LogP contribution in [0.2, 0.25) is 0 Å². The molecular weight excluding hydrogens is 262 g/mol. The minimum Gasteiger partial charge on any atom is -0.386 e. The molecule has 1 aromatic rings. The molecule has 6 heteroatoms. The highest BCUT2D eigenvalue weighted by Gasteiger charge is 2.38. The minimum absolute atomic E-state index is 0.0461. The lowest BCUT2D eigenvalue weighted by Gasteiger charge is -2.34. The molecule has 1 unspecified atom stereocenters. The van der Waals surface area contributed by atoms with E-state index in [4.69, 9.17) is 0 Å². The molecule has 3 rings (SSSR count). The summed E-state index contributed by atoms with van der Waals surface area (Å²) in [5.74, 6) is -2.43. The Labute approximate surface area is 118 Å². The normalized spacial score (nSPS) is 27.9. The van der Waals surface area contributed by atoms with Gasteiger partial charge in [0, 0.05) is 45.2 Å². The molecule has 1 aliphatic heterocycles. The number of hydrogen-bond acceptors (Lipinski definition) is 3. The zero-order valence-electron chi connectivity index (χ0n) is 11.9. The van der Waals surface area contributed by atoms with E-state index < -0.39 is 5.92 Å². The molecule has 1 aromatic heterocycles. The van der Waals surface area contributed by atoms with Crippen LogP contribution in [0.25, 0.3) is 0 Å². The van der Waals surface area contributed by atoms with Crippen molar-refractivity contribution in [1.29, 1.82) is 0 Å². The fourth-order valence-electron chi connectivity index (χ4n) is 3.37. The average molecular weight is 284 g/mol. The standard InChI is InChI=1S/C14H22F2N4/c1-17-11-8-18-20(9-11)13-4-7-19(10-13)12-2-5-14(15,16)6-3-12/h8-9,12-13,17H,2-7,10H2,1H3. The second-order valence-corrected chi connectivity index (χ2v) is 5.98. The smallest absolute Gasteiger partial charge is 0.248 e. The minimum atomic E-state index is -2.43. The highest BCUT2D eigenvalue weighted by molar-refractivity contribution is 5.37. The maximum Gasteiger partial charge on any atom is 0.248 e. The fourth-order valence-corrected chi connectivity index (χ4v) is 3.37. The predicted octanol–water partition coefficient (Wildman–Crippen LogP) is 2.75. The summed E-state index contributed by atoms with van der Waals surface area (Å²) in [6.07, 6.45) is 6.24. The topological polar surface area (TPSA) is 33.1 Å². The van der Waals surface area contributed by atoms with E-state index in [9.17, 15) is 8.78 Å². The summed E-state index contributed by atoms with van der Waals surface area (Å²) in [5, 5.41) is 7.45. The molecule has 1 N–H and O–H groups in total. The van der Waals surface area contributed by atoms with E-state index in [0.29, 0.717) is 24.9 Å². The van der Waals surface area contributed by atoms with E-state index in [0.717, 1.165) is 25.2 Å². The molecule has 1 atom stereocenters. The second-order valence-electron chi connectivity index (χ2n) is 5.98. The Morgan fingerprint density at radius 2 is 2.00 bits per heavy atom. The van der Waals surface area contributed by atoms with Crippen LogP contribution in [0, 0.1) is 0 Å². The zero-order chi connectivity index (χ0) is 14.2. The van der Waals surface area contributed by atoms with Gasteiger partial charge in [-0.25, -0.2) is 8.78 Å². The first-order valence-electron chi connectivity index (χ1n) is 7.41. The molecule has 0 amide bonds. The Morgan fingerprint density at radius 3 is 2.65 bits per heavy atom. The number of nitrogens with one attached hydrogen (secondary N) is 1. The summed E-state index contributed by atoms with van der Waals surface area (Å²) in [7, 11) is 1.88.